The number of halogens is 1. The molecular formula is C15H20BrNO2. The van der Waals surface area contributed by atoms with Gasteiger partial charge in [0.15, 0.2) is 0 Å². The Kier molecular flexibility index (Phi) is 4.99. The normalized spacial score (nSPS) is 18.6. The van der Waals surface area contributed by atoms with Crippen molar-refractivity contribution < 1.29 is 9.53 Å². The average molecular weight is 326 g/mol. The van der Waals surface area contributed by atoms with Crippen molar-refractivity contribution >= 4 is 21.8 Å². The second-order valence-electron chi connectivity index (χ2n) is 5.06. The van der Waals surface area contributed by atoms with E-state index in [2.05, 4.69) is 15.9 Å². The number of aryl methyl sites for hydroxylation is 1. The third-order valence-electron chi connectivity index (χ3n) is 3.53. The maximum absolute atomic E-state index is 12.6. The molecule has 1 unspecified atom stereocenters. The quantitative estimate of drug-likeness (QED) is 0.850. The summed E-state index contributed by atoms with van der Waals surface area (Å²) >= 11 is 3.49. The average Bonchev–Trinajstić information content (AvgIpc) is 2.88. The van der Waals surface area contributed by atoms with E-state index in [1.165, 1.54) is 0 Å². The zero-order chi connectivity index (χ0) is 13.8. The first-order valence-electron chi connectivity index (χ1n) is 6.75. The second-order valence-corrected chi connectivity index (χ2v) is 5.91. The summed E-state index contributed by atoms with van der Waals surface area (Å²) in [6.07, 6.45) is 1.05. The van der Waals surface area contributed by atoms with E-state index < -0.39 is 0 Å². The number of carbonyl (C=O) groups excluding carboxylic acids is 1. The summed E-state index contributed by atoms with van der Waals surface area (Å²) < 4.78 is 6.25. The Hall–Kier alpha value is -0.870. The third kappa shape index (κ3) is 3.57. The van der Waals surface area contributed by atoms with Crippen LogP contribution in [0.3, 0.4) is 0 Å². The highest BCUT2D eigenvalue weighted by atomic mass is 79.9. The third-order valence-corrected chi connectivity index (χ3v) is 4.18. The lowest BCUT2D eigenvalue weighted by Gasteiger charge is -2.24. The molecule has 3 nitrogen and oxygen atoms in total. The molecular weight excluding hydrogens is 306 g/mol. The van der Waals surface area contributed by atoms with Gasteiger partial charge in [-0.1, -0.05) is 6.07 Å². The molecule has 0 radical (unpaired) electrons. The van der Waals surface area contributed by atoms with Gasteiger partial charge >= 0.3 is 0 Å². The number of hydrogen-bond donors (Lipinski definition) is 0. The lowest BCUT2D eigenvalue weighted by atomic mass is 10.1. The summed E-state index contributed by atoms with van der Waals surface area (Å²) in [5.41, 5.74) is 1.89. The minimum absolute atomic E-state index is 0.0984. The van der Waals surface area contributed by atoms with Crippen LogP contribution < -0.4 is 0 Å². The molecule has 0 aliphatic carbocycles. The highest BCUT2D eigenvalue weighted by molar-refractivity contribution is 9.10. The molecule has 1 heterocycles. The van der Waals surface area contributed by atoms with E-state index in [1.807, 2.05) is 36.9 Å². The molecule has 2 rings (SSSR count). The fourth-order valence-electron chi connectivity index (χ4n) is 2.36. The standard InChI is InChI=1S/C15H20BrNO2/c1-3-17(9-12-6-7-19-10-12)15(18)13-5-4-11(2)8-14(13)16/h4-5,8,12H,3,6-7,9-10H2,1-2H3. The van der Waals surface area contributed by atoms with Crippen molar-refractivity contribution in [3.8, 4) is 0 Å². The highest BCUT2D eigenvalue weighted by Crippen LogP contribution is 2.21. The van der Waals surface area contributed by atoms with Crippen LogP contribution in [0.1, 0.15) is 29.3 Å². The van der Waals surface area contributed by atoms with Gasteiger partial charge in [-0.15, -0.1) is 0 Å². The lowest BCUT2D eigenvalue weighted by Crippen LogP contribution is -2.35. The van der Waals surface area contributed by atoms with E-state index in [4.69, 9.17) is 4.74 Å². The maximum atomic E-state index is 12.6. The molecule has 1 aliphatic rings. The van der Waals surface area contributed by atoms with Crippen molar-refractivity contribution in [3.05, 3.63) is 33.8 Å². The van der Waals surface area contributed by atoms with E-state index in [0.29, 0.717) is 5.92 Å². The smallest absolute Gasteiger partial charge is 0.254 e. The Balaban J connectivity index is 2.10. The van der Waals surface area contributed by atoms with Gasteiger partial charge in [0.2, 0.25) is 0 Å². The molecule has 1 aromatic rings. The van der Waals surface area contributed by atoms with Crippen LogP contribution in [0.25, 0.3) is 0 Å². The zero-order valence-corrected chi connectivity index (χ0v) is 13.1. The van der Waals surface area contributed by atoms with Crippen molar-refractivity contribution in [2.75, 3.05) is 26.3 Å². The highest BCUT2D eigenvalue weighted by Gasteiger charge is 2.23. The summed E-state index contributed by atoms with van der Waals surface area (Å²) in [6, 6.07) is 5.86. The molecule has 19 heavy (non-hydrogen) atoms. The molecule has 0 spiro atoms. The monoisotopic (exact) mass is 325 g/mol. The van der Waals surface area contributed by atoms with Crippen LogP contribution in [0.2, 0.25) is 0 Å². The number of amides is 1. The molecule has 0 bridgehead atoms. The first kappa shape index (κ1) is 14.5. The molecule has 104 valence electrons. The minimum atomic E-state index is 0.0984. The fourth-order valence-corrected chi connectivity index (χ4v) is 3.02. The summed E-state index contributed by atoms with van der Waals surface area (Å²) in [6.45, 7) is 7.16. The van der Waals surface area contributed by atoms with Gasteiger partial charge in [0.25, 0.3) is 5.91 Å². The van der Waals surface area contributed by atoms with Gasteiger partial charge in [0.1, 0.15) is 0 Å². The molecule has 1 aliphatic heterocycles. The van der Waals surface area contributed by atoms with E-state index in [1.54, 1.807) is 0 Å². The van der Waals surface area contributed by atoms with Gasteiger partial charge in [-0.2, -0.15) is 0 Å². The zero-order valence-electron chi connectivity index (χ0n) is 11.5. The van der Waals surface area contributed by atoms with Gasteiger partial charge < -0.3 is 9.64 Å². The van der Waals surface area contributed by atoms with Gasteiger partial charge in [-0.05, 0) is 53.9 Å². The Morgan fingerprint density at radius 2 is 2.32 bits per heavy atom. The number of hydrogen-bond acceptors (Lipinski definition) is 2. The predicted octanol–water partition coefficient (Wildman–Crippen LogP) is 3.26. The number of carbonyl (C=O) groups is 1. The first-order valence-corrected chi connectivity index (χ1v) is 7.54. The van der Waals surface area contributed by atoms with E-state index in [0.717, 1.165) is 48.3 Å². The van der Waals surface area contributed by atoms with Crippen LogP contribution >= 0.6 is 15.9 Å². The Morgan fingerprint density at radius 3 is 2.89 bits per heavy atom. The summed E-state index contributed by atoms with van der Waals surface area (Å²) in [4.78, 5) is 14.5. The summed E-state index contributed by atoms with van der Waals surface area (Å²) in [7, 11) is 0. The fraction of sp³-hybridized carbons (Fsp3) is 0.533. The topological polar surface area (TPSA) is 29.5 Å². The molecule has 1 atom stereocenters. The van der Waals surface area contributed by atoms with E-state index >= 15 is 0 Å². The van der Waals surface area contributed by atoms with Crippen LogP contribution in [0.15, 0.2) is 22.7 Å². The number of benzene rings is 1. The molecule has 4 heteroatoms. The first-order chi connectivity index (χ1) is 9.11. The largest absolute Gasteiger partial charge is 0.381 e. The molecule has 1 saturated heterocycles. The van der Waals surface area contributed by atoms with Crippen molar-refractivity contribution in [2.45, 2.75) is 20.3 Å². The van der Waals surface area contributed by atoms with E-state index in [-0.39, 0.29) is 5.91 Å². The van der Waals surface area contributed by atoms with Crippen LogP contribution in [-0.4, -0.2) is 37.1 Å². The van der Waals surface area contributed by atoms with Crippen LogP contribution in [0.5, 0.6) is 0 Å². The molecule has 1 aromatic carbocycles. The Morgan fingerprint density at radius 1 is 1.53 bits per heavy atom. The molecule has 0 aromatic heterocycles. The number of ether oxygens (including phenoxy) is 1. The van der Waals surface area contributed by atoms with Crippen LogP contribution in [0.4, 0.5) is 0 Å². The van der Waals surface area contributed by atoms with Gasteiger partial charge in [0.05, 0.1) is 12.2 Å². The lowest BCUT2D eigenvalue weighted by molar-refractivity contribution is 0.0730. The van der Waals surface area contributed by atoms with Crippen LogP contribution in [-0.2, 0) is 4.74 Å². The minimum Gasteiger partial charge on any atom is -0.381 e. The predicted molar refractivity (Wildman–Crippen MR) is 79.4 cm³/mol. The van der Waals surface area contributed by atoms with Gasteiger partial charge in [-0.3, -0.25) is 4.79 Å². The van der Waals surface area contributed by atoms with Gasteiger partial charge in [0, 0.05) is 30.1 Å². The summed E-state index contributed by atoms with van der Waals surface area (Å²) in [5.74, 6) is 0.578. The molecule has 0 N–H and O–H groups in total. The van der Waals surface area contributed by atoms with Crippen molar-refractivity contribution in [1.29, 1.82) is 0 Å². The molecule has 1 amide bonds. The Bertz CT molecular complexity index is 455. The number of rotatable bonds is 4. The SMILES string of the molecule is CCN(CC1CCOC1)C(=O)c1ccc(C)cc1Br. The molecule has 1 fully saturated rings. The van der Waals surface area contributed by atoms with Gasteiger partial charge in [-0.25, -0.2) is 0 Å². The second kappa shape index (κ2) is 6.53. The molecule has 0 saturated carbocycles. The van der Waals surface area contributed by atoms with Crippen molar-refractivity contribution in [2.24, 2.45) is 5.92 Å². The van der Waals surface area contributed by atoms with E-state index in [9.17, 15) is 4.79 Å². The van der Waals surface area contributed by atoms with Crippen molar-refractivity contribution in [3.63, 3.8) is 0 Å². The summed E-state index contributed by atoms with van der Waals surface area (Å²) in [5, 5.41) is 0. The van der Waals surface area contributed by atoms with Crippen LogP contribution in [0, 0.1) is 12.8 Å². The van der Waals surface area contributed by atoms with Crippen molar-refractivity contribution in [1.82, 2.24) is 4.90 Å². The Labute approximate surface area is 123 Å². The maximum Gasteiger partial charge on any atom is 0.254 e. The number of nitrogens with zero attached hydrogens (tertiary/aromatic N) is 1.